The predicted molar refractivity (Wildman–Crippen MR) is 129 cm³/mol. The summed E-state index contributed by atoms with van der Waals surface area (Å²) in [4.78, 5) is 17.6. The summed E-state index contributed by atoms with van der Waals surface area (Å²) in [6, 6.07) is 12.1. The molecule has 0 N–H and O–H groups in total. The smallest absolute Gasteiger partial charge is 0.264 e. The van der Waals surface area contributed by atoms with Crippen LogP contribution in [0.3, 0.4) is 0 Å². The van der Waals surface area contributed by atoms with E-state index < -0.39 is 10.0 Å². The number of methoxy groups -OCH3 is 1. The highest BCUT2D eigenvalue weighted by Gasteiger charge is 2.33. The van der Waals surface area contributed by atoms with Gasteiger partial charge in [-0.2, -0.15) is 0 Å². The number of sulfonamides is 1. The number of anilines is 1. The van der Waals surface area contributed by atoms with Crippen LogP contribution in [0.25, 0.3) is 0 Å². The quantitative estimate of drug-likeness (QED) is 0.625. The third-order valence-corrected chi connectivity index (χ3v) is 8.79. The van der Waals surface area contributed by atoms with Crippen molar-refractivity contribution in [2.45, 2.75) is 30.3 Å². The second-order valence-corrected chi connectivity index (χ2v) is 10.9. The van der Waals surface area contributed by atoms with Crippen LogP contribution in [0.5, 0.6) is 5.75 Å². The molecule has 0 spiro atoms. The molecule has 0 radical (unpaired) electrons. The molecule has 2 saturated heterocycles. The lowest BCUT2D eigenvalue weighted by molar-refractivity contribution is 0.0431. The highest BCUT2D eigenvalue weighted by atomic mass is 32.2. The zero-order valence-corrected chi connectivity index (χ0v) is 20.3. The normalized spacial score (nSPS) is 21.0. The summed E-state index contributed by atoms with van der Waals surface area (Å²) in [5.41, 5.74) is 1.99. The van der Waals surface area contributed by atoms with Gasteiger partial charge in [-0.05, 0) is 49.1 Å². The highest BCUT2D eigenvalue weighted by Crippen LogP contribution is 2.34. The van der Waals surface area contributed by atoms with E-state index in [2.05, 4.69) is 4.90 Å². The molecule has 9 heteroatoms. The predicted octanol–water partition coefficient (Wildman–Crippen LogP) is 2.38. The fourth-order valence-electron chi connectivity index (χ4n) is 5.08. The molecule has 3 aliphatic heterocycles. The Bertz CT molecular complexity index is 1150. The lowest BCUT2D eigenvalue weighted by Gasteiger charge is -2.36. The Balaban J connectivity index is 1.34. The first-order chi connectivity index (χ1) is 16.5. The molecule has 1 amide bonds. The molecule has 0 aromatic heterocycles. The average Bonchev–Trinajstić information content (AvgIpc) is 3.54. The molecule has 2 fully saturated rings. The molecule has 0 aliphatic carbocycles. The Kier molecular flexibility index (Phi) is 6.50. The largest absolute Gasteiger partial charge is 0.496 e. The summed E-state index contributed by atoms with van der Waals surface area (Å²) >= 11 is 0. The molecule has 5 rings (SSSR count). The van der Waals surface area contributed by atoms with Crippen molar-refractivity contribution in [3.8, 4) is 5.75 Å². The van der Waals surface area contributed by atoms with Gasteiger partial charge in [0.15, 0.2) is 0 Å². The molecule has 8 nitrogen and oxygen atoms in total. The lowest BCUT2D eigenvalue weighted by Crippen LogP contribution is -2.50. The molecule has 1 atom stereocenters. The Morgan fingerprint density at radius 2 is 1.88 bits per heavy atom. The Hall–Kier alpha value is -2.62. The summed E-state index contributed by atoms with van der Waals surface area (Å²) in [7, 11) is -2.30. The van der Waals surface area contributed by atoms with Gasteiger partial charge in [0.1, 0.15) is 5.75 Å². The van der Waals surface area contributed by atoms with Crippen molar-refractivity contribution in [1.29, 1.82) is 0 Å². The summed E-state index contributed by atoms with van der Waals surface area (Å²) in [5.74, 6) is 0.181. The topological polar surface area (TPSA) is 79.4 Å². The van der Waals surface area contributed by atoms with E-state index in [1.807, 2.05) is 24.3 Å². The molecular formula is C25H31N3O5S. The van der Waals surface area contributed by atoms with Crippen LogP contribution in [0.15, 0.2) is 47.4 Å². The third-order valence-electron chi connectivity index (χ3n) is 6.98. The van der Waals surface area contributed by atoms with Crippen molar-refractivity contribution >= 4 is 21.6 Å². The monoisotopic (exact) mass is 485 g/mol. The van der Waals surface area contributed by atoms with Crippen molar-refractivity contribution in [3.05, 3.63) is 53.6 Å². The van der Waals surface area contributed by atoms with Gasteiger partial charge in [-0.1, -0.05) is 18.2 Å². The third kappa shape index (κ3) is 4.39. The molecule has 34 heavy (non-hydrogen) atoms. The van der Waals surface area contributed by atoms with Gasteiger partial charge >= 0.3 is 0 Å². The van der Waals surface area contributed by atoms with Crippen molar-refractivity contribution in [1.82, 2.24) is 9.80 Å². The zero-order chi connectivity index (χ0) is 23.7. The van der Waals surface area contributed by atoms with Crippen molar-refractivity contribution < 1.29 is 22.7 Å². The number of nitrogens with zero attached hydrogens (tertiary/aromatic N) is 3. The van der Waals surface area contributed by atoms with Crippen molar-refractivity contribution in [2.24, 2.45) is 0 Å². The van der Waals surface area contributed by atoms with Gasteiger partial charge in [0.2, 0.25) is 0 Å². The van der Waals surface area contributed by atoms with Crippen LogP contribution in [0, 0.1) is 0 Å². The van der Waals surface area contributed by atoms with E-state index in [9.17, 15) is 13.2 Å². The van der Waals surface area contributed by atoms with Crippen LogP contribution < -0.4 is 9.04 Å². The molecule has 2 aromatic rings. The first-order valence-electron chi connectivity index (χ1n) is 11.9. The number of benzene rings is 2. The molecule has 2 aromatic carbocycles. The van der Waals surface area contributed by atoms with E-state index in [1.54, 1.807) is 11.0 Å². The summed E-state index contributed by atoms with van der Waals surface area (Å²) in [6.07, 6.45) is 3.18. The fraction of sp³-hybridized carbons (Fsp3) is 0.480. The van der Waals surface area contributed by atoms with Crippen LogP contribution in [0.2, 0.25) is 0 Å². The van der Waals surface area contributed by atoms with Crippen LogP contribution in [-0.2, 0) is 21.2 Å². The number of rotatable bonds is 6. The van der Waals surface area contributed by atoms with E-state index in [1.165, 1.54) is 23.5 Å². The van der Waals surface area contributed by atoms with E-state index in [-0.39, 0.29) is 16.4 Å². The summed E-state index contributed by atoms with van der Waals surface area (Å²) in [5, 5.41) is 0. The average molecular weight is 486 g/mol. The summed E-state index contributed by atoms with van der Waals surface area (Å²) < 4.78 is 39.6. The van der Waals surface area contributed by atoms with Gasteiger partial charge in [0.05, 0.1) is 29.4 Å². The van der Waals surface area contributed by atoms with Crippen LogP contribution >= 0.6 is 0 Å². The maximum absolute atomic E-state index is 13.5. The second-order valence-electron chi connectivity index (χ2n) is 9.05. The first-order valence-corrected chi connectivity index (χ1v) is 13.3. The van der Waals surface area contributed by atoms with Gasteiger partial charge in [0.25, 0.3) is 15.9 Å². The van der Waals surface area contributed by atoms with Gasteiger partial charge in [-0.25, -0.2) is 8.42 Å². The number of hydrogen-bond donors (Lipinski definition) is 0. The fourth-order valence-corrected chi connectivity index (χ4v) is 6.61. The first kappa shape index (κ1) is 23.1. The molecule has 0 saturated carbocycles. The maximum atomic E-state index is 13.5. The van der Waals surface area contributed by atoms with Crippen LogP contribution in [-0.4, -0.2) is 83.2 Å². The maximum Gasteiger partial charge on any atom is 0.264 e. The standard InChI is InChI=1S/C25H31N3O5S/c1-32-24-9-8-21(34(30,31)28-11-10-19-5-2-3-7-23(19)28)17-22(24)25(29)27-14-12-26(13-15-27)18-20-6-4-16-33-20/h2-3,5,7-9,17,20H,4,6,10-16,18H2,1H3. The molecular weight excluding hydrogens is 454 g/mol. The van der Waals surface area contributed by atoms with E-state index in [0.717, 1.165) is 44.6 Å². The van der Waals surface area contributed by atoms with Crippen LogP contribution in [0.1, 0.15) is 28.8 Å². The SMILES string of the molecule is COc1ccc(S(=O)(=O)N2CCc3ccccc32)cc1C(=O)N1CCN(CC2CCCO2)CC1. The van der Waals surface area contributed by atoms with Crippen molar-refractivity contribution in [3.63, 3.8) is 0 Å². The molecule has 182 valence electrons. The molecule has 1 unspecified atom stereocenters. The molecule has 3 aliphatic rings. The lowest BCUT2D eigenvalue weighted by atomic mass is 10.1. The minimum atomic E-state index is -3.80. The molecule has 3 heterocycles. The highest BCUT2D eigenvalue weighted by molar-refractivity contribution is 7.92. The number of hydrogen-bond acceptors (Lipinski definition) is 6. The second kappa shape index (κ2) is 9.56. The van der Waals surface area contributed by atoms with Crippen LogP contribution in [0.4, 0.5) is 5.69 Å². The number of amides is 1. The number of piperazine rings is 1. The van der Waals surface area contributed by atoms with E-state index >= 15 is 0 Å². The van der Waals surface area contributed by atoms with Gasteiger partial charge in [-0.3, -0.25) is 14.0 Å². The van der Waals surface area contributed by atoms with Gasteiger partial charge < -0.3 is 14.4 Å². The van der Waals surface area contributed by atoms with Crippen molar-refractivity contribution in [2.75, 3.05) is 57.3 Å². The number of para-hydroxylation sites is 1. The number of ether oxygens (including phenoxy) is 2. The van der Waals surface area contributed by atoms with Gasteiger partial charge in [0, 0.05) is 45.9 Å². The van der Waals surface area contributed by atoms with E-state index in [4.69, 9.17) is 9.47 Å². The minimum absolute atomic E-state index is 0.102. The summed E-state index contributed by atoms with van der Waals surface area (Å²) in [6.45, 7) is 4.86. The number of carbonyl (C=O) groups is 1. The Morgan fingerprint density at radius 1 is 1.09 bits per heavy atom. The number of fused-ring (bicyclic) bond motifs is 1. The Labute approximate surface area is 201 Å². The number of carbonyl (C=O) groups excluding carboxylic acids is 1. The molecule has 0 bridgehead atoms. The minimum Gasteiger partial charge on any atom is -0.496 e. The van der Waals surface area contributed by atoms with Gasteiger partial charge in [-0.15, -0.1) is 0 Å². The van der Waals surface area contributed by atoms with E-state index in [0.29, 0.717) is 43.6 Å². The Morgan fingerprint density at radius 3 is 2.62 bits per heavy atom. The zero-order valence-electron chi connectivity index (χ0n) is 19.5.